The number of fused-ring (bicyclic) bond motifs is 5. The van der Waals surface area contributed by atoms with E-state index in [-0.39, 0.29) is 28.9 Å². The summed E-state index contributed by atoms with van der Waals surface area (Å²) in [6.07, 6.45) is 1.40. The van der Waals surface area contributed by atoms with E-state index in [9.17, 15) is 20.1 Å². The van der Waals surface area contributed by atoms with Gasteiger partial charge in [0.15, 0.2) is 0 Å². The Hall–Kier alpha value is -2.12. The second-order valence-corrected chi connectivity index (χ2v) is 8.35. The summed E-state index contributed by atoms with van der Waals surface area (Å²) >= 11 is 0. The third-order valence-electron chi connectivity index (χ3n) is 6.95. The Morgan fingerprint density at radius 3 is 2.89 bits per heavy atom. The summed E-state index contributed by atoms with van der Waals surface area (Å²) in [6.45, 7) is 1.53. The molecule has 6 atom stereocenters. The monoisotopic (exact) mass is 375 g/mol. The average Bonchev–Trinajstić information content (AvgIpc) is 2.85. The van der Waals surface area contributed by atoms with Gasteiger partial charge in [0.25, 0.3) is 0 Å². The largest absolute Gasteiger partial charge is 0.508 e. The topological polar surface area (TPSA) is 120 Å². The van der Waals surface area contributed by atoms with E-state index in [4.69, 9.17) is 9.94 Å². The molecule has 0 aromatic heterocycles. The van der Waals surface area contributed by atoms with Crippen molar-refractivity contribution in [1.29, 1.82) is 0 Å². The lowest BCUT2D eigenvalue weighted by Crippen LogP contribution is -2.45. The summed E-state index contributed by atoms with van der Waals surface area (Å²) < 4.78 is 0. The standard InChI is InChI=1S/C20H25NO6/c1-20-5-4-12-11-3-2-10(22)6-14(11)16(21-27-9-18(24)25)7-13(12)15(20)8-17(23)19(20)26/h2-3,6,12-13,15,17,19,22-23,26H,4-5,7-9H2,1H3,(H,24,25)/t12-,13+,15+,17-,19+,20+/m1/s1. The van der Waals surface area contributed by atoms with Crippen LogP contribution in [-0.2, 0) is 9.63 Å². The summed E-state index contributed by atoms with van der Waals surface area (Å²) in [5.41, 5.74) is 2.15. The Kier molecular flexibility index (Phi) is 4.39. The van der Waals surface area contributed by atoms with Crippen LogP contribution in [0.5, 0.6) is 5.75 Å². The minimum atomic E-state index is -1.10. The Balaban J connectivity index is 1.73. The van der Waals surface area contributed by atoms with Gasteiger partial charge in [-0.05, 0) is 66.5 Å². The maximum absolute atomic E-state index is 10.7. The molecule has 0 saturated heterocycles. The van der Waals surface area contributed by atoms with Crippen molar-refractivity contribution in [2.24, 2.45) is 22.4 Å². The first-order chi connectivity index (χ1) is 12.8. The highest BCUT2D eigenvalue weighted by molar-refractivity contribution is 6.03. The van der Waals surface area contributed by atoms with E-state index in [0.29, 0.717) is 18.6 Å². The van der Waals surface area contributed by atoms with Gasteiger partial charge in [0.1, 0.15) is 5.75 Å². The molecule has 0 unspecified atom stereocenters. The van der Waals surface area contributed by atoms with Crippen LogP contribution in [0.25, 0.3) is 0 Å². The van der Waals surface area contributed by atoms with Crippen LogP contribution < -0.4 is 0 Å². The highest BCUT2D eigenvalue weighted by Crippen LogP contribution is 2.61. The fraction of sp³-hybridized carbons (Fsp3) is 0.600. The van der Waals surface area contributed by atoms with Gasteiger partial charge in [-0.15, -0.1) is 0 Å². The lowest BCUT2D eigenvalue weighted by Gasteiger charge is -2.49. The summed E-state index contributed by atoms with van der Waals surface area (Å²) in [4.78, 5) is 15.7. The van der Waals surface area contributed by atoms with Crippen molar-refractivity contribution >= 4 is 11.7 Å². The lowest BCUT2D eigenvalue weighted by atomic mass is 9.55. The van der Waals surface area contributed by atoms with E-state index in [0.717, 1.165) is 24.0 Å². The molecule has 7 heteroatoms. The normalized spacial score (nSPS) is 38.8. The first-order valence-corrected chi connectivity index (χ1v) is 9.41. The van der Waals surface area contributed by atoms with Crippen molar-refractivity contribution in [2.45, 2.75) is 50.7 Å². The number of phenols is 1. The molecule has 3 aliphatic rings. The molecule has 7 nitrogen and oxygen atoms in total. The van der Waals surface area contributed by atoms with E-state index >= 15 is 0 Å². The molecule has 4 N–H and O–H groups in total. The van der Waals surface area contributed by atoms with E-state index in [2.05, 4.69) is 12.1 Å². The van der Waals surface area contributed by atoms with Gasteiger partial charge in [-0.3, -0.25) is 0 Å². The number of aliphatic hydroxyl groups excluding tert-OH is 2. The first kappa shape index (κ1) is 18.3. The number of carbonyl (C=O) groups is 1. The molecule has 0 bridgehead atoms. The molecule has 2 fully saturated rings. The van der Waals surface area contributed by atoms with E-state index in [1.54, 1.807) is 12.1 Å². The van der Waals surface area contributed by atoms with Crippen molar-refractivity contribution in [2.75, 3.05) is 6.61 Å². The first-order valence-electron chi connectivity index (χ1n) is 9.41. The summed E-state index contributed by atoms with van der Waals surface area (Å²) in [5.74, 6) is -0.385. The van der Waals surface area contributed by atoms with Gasteiger partial charge in [0.05, 0.1) is 17.9 Å². The smallest absolute Gasteiger partial charge is 0.344 e. The van der Waals surface area contributed by atoms with Gasteiger partial charge in [0, 0.05) is 5.56 Å². The number of aliphatic hydroxyl groups is 2. The molecule has 0 radical (unpaired) electrons. The Morgan fingerprint density at radius 1 is 1.37 bits per heavy atom. The van der Waals surface area contributed by atoms with Crippen molar-refractivity contribution in [3.05, 3.63) is 29.3 Å². The van der Waals surface area contributed by atoms with Crippen LogP contribution in [0.2, 0.25) is 0 Å². The van der Waals surface area contributed by atoms with Crippen molar-refractivity contribution < 1.29 is 30.1 Å². The van der Waals surface area contributed by atoms with Crippen LogP contribution in [0.15, 0.2) is 23.4 Å². The lowest BCUT2D eigenvalue weighted by molar-refractivity contribution is -0.142. The number of benzene rings is 1. The van der Waals surface area contributed by atoms with E-state index < -0.39 is 24.8 Å². The zero-order chi connectivity index (χ0) is 19.3. The molecule has 0 amide bonds. The molecule has 27 heavy (non-hydrogen) atoms. The van der Waals surface area contributed by atoms with Crippen LogP contribution in [0.3, 0.4) is 0 Å². The Labute approximate surface area is 157 Å². The van der Waals surface area contributed by atoms with Crippen LogP contribution in [-0.4, -0.2) is 50.9 Å². The molecule has 146 valence electrons. The number of carboxylic acid groups (broad SMARTS) is 1. The summed E-state index contributed by atoms with van der Waals surface area (Å²) in [7, 11) is 0. The third kappa shape index (κ3) is 2.89. The fourth-order valence-corrected chi connectivity index (χ4v) is 5.65. The molecule has 4 rings (SSSR count). The number of rotatable bonds is 3. The number of carboxylic acids is 1. The predicted molar refractivity (Wildman–Crippen MR) is 96.5 cm³/mol. The minimum absolute atomic E-state index is 0.130. The van der Waals surface area contributed by atoms with E-state index in [1.165, 1.54) is 0 Å². The van der Waals surface area contributed by atoms with Crippen molar-refractivity contribution in [3.63, 3.8) is 0 Å². The van der Waals surface area contributed by atoms with Gasteiger partial charge < -0.3 is 25.3 Å². The Morgan fingerprint density at radius 2 is 2.15 bits per heavy atom. The maximum Gasteiger partial charge on any atom is 0.344 e. The molecule has 0 aliphatic heterocycles. The predicted octanol–water partition coefficient (Wildman–Crippen LogP) is 1.84. The zero-order valence-electron chi connectivity index (χ0n) is 15.2. The van der Waals surface area contributed by atoms with E-state index in [1.807, 2.05) is 6.07 Å². The molecule has 2 saturated carbocycles. The molecule has 0 spiro atoms. The maximum atomic E-state index is 10.7. The second kappa shape index (κ2) is 6.49. The van der Waals surface area contributed by atoms with Gasteiger partial charge in [-0.2, -0.15) is 0 Å². The zero-order valence-corrected chi connectivity index (χ0v) is 15.2. The molecular weight excluding hydrogens is 350 g/mol. The summed E-state index contributed by atoms with van der Waals surface area (Å²) in [5, 5.41) is 43.6. The molecule has 1 aromatic rings. The SMILES string of the molecule is C[C@]12CC[C@@H]3c4ccc(O)cc4C(=NOCC(=O)O)C[C@@H]3[C@@H]1C[C@@H](O)[C@@H]2O. The molecule has 0 heterocycles. The minimum Gasteiger partial charge on any atom is -0.508 e. The van der Waals surface area contributed by atoms with Crippen molar-refractivity contribution in [1.82, 2.24) is 0 Å². The number of oxime groups is 1. The highest BCUT2D eigenvalue weighted by Gasteiger charge is 2.58. The fourth-order valence-electron chi connectivity index (χ4n) is 5.65. The van der Waals surface area contributed by atoms with Crippen molar-refractivity contribution in [3.8, 4) is 5.75 Å². The van der Waals surface area contributed by atoms with Crippen LogP contribution in [0.4, 0.5) is 0 Å². The molecular formula is C20H25NO6. The van der Waals surface area contributed by atoms with Crippen LogP contribution in [0, 0.1) is 17.3 Å². The third-order valence-corrected chi connectivity index (χ3v) is 6.95. The average molecular weight is 375 g/mol. The Bertz CT molecular complexity index is 793. The number of phenolic OH excluding ortho intramolecular Hbond substituents is 1. The number of hydrogen-bond donors (Lipinski definition) is 4. The number of hydrogen-bond acceptors (Lipinski definition) is 6. The summed E-state index contributed by atoms with van der Waals surface area (Å²) in [6, 6.07) is 5.21. The molecule has 3 aliphatic carbocycles. The quantitative estimate of drug-likeness (QED) is 0.599. The van der Waals surface area contributed by atoms with Gasteiger partial charge in [0.2, 0.25) is 6.61 Å². The van der Waals surface area contributed by atoms with Gasteiger partial charge in [-0.1, -0.05) is 18.1 Å². The number of aliphatic carboxylic acids is 1. The molecule has 1 aromatic carbocycles. The number of nitrogens with zero attached hydrogens (tertiary/aromatic N) is 1. The second-order valence-electron chi connectivity index (χ2n) is 8.35. The number of aromatic hydroxyl groups is 1. The highest BCUT2D eigenvalue weighted by atomic mass is 16.6. The van der Waals surface area contributed by atoms with Gasteiger partial charge in [-0.25, -0.2) is 4.79 Å². The van der Waals surface area contributed by atoms with Gasteiger partial charge >= 0.3 is 5.97 Å². The van der Waals surface area contributed by atoms with Crippen LogP contribution in [0.1, 0.15) is 49.7 Å². The van der Waals surface area contributed by atoms with Crippen LogP contribution >= 0.6 is 0 Å².